The standard InChI is InChI=1S/C19H34N4O4/c1-15(2)17(22(4)18(25)13-20-14-24)12-16(3)19(26)21-6-5-7-23-8-10-27-11-9-23/h12,14-15,17H,5-11,13H2,1-4H3,(H,20,24)(H,21,26)/b16-12+/t17-/m1/s1. The van der Waals surface area contributed by atoms with Gasteiger partial charge in [0.05, 0.1) is 25.8 Å². The van der Waals surface area contributed by atoms with Gasteiger partial charge in [0.25, 0.3) is 0 Å². The van der Waals surface area contributed by atoms with E-state index < -0.39 is 0 Å². The summed E-state index contributed by atoms with van der Waals surface area (Å²) in [6.45, 7) is 10.7. The number of ether oxygens (including phenoxy) is 1. The fourth-order valence-corrected chi connectivity index (χ4v) is 2.97. The molecule has 1 aliphatic heterocycles. The summed E-state index contributed by atoms with van der Waals surface area (Å²) >= 11 is 0. The van der Waals surface area contributed by atoms with Gasteiger partial charge in [-0.25, -0.2) is 0 Å². The number of hydrogen-bond acceptors (Lipinski definition) is 5. The van der Waals surface area contributed by atoms with Crippen LogP contribution in [-0.2, 0) is 19.1 Å². The van der Waals surface area contributed by atoms with Crippen LogP contribution in [0.15, 0.2) is 11.6 Å². The molecule has 1 rings (SSSR count). The molecule has 1 fully saturated rings. The Bertz CT molecular complexity index is 516. The second kappa shape index (κ2) is 12.5. The minimum atomic E-state index is -0.218. The lowest BCUT2D eigenvalue weighted by molar-refractivity contribution is -0.132. The molecule has 8 heteroatoms. The van der Waals surface area contributed by atoms with Gasteiger partial charge in [-0.1, -0.05) is 19.9 Å². The van der Waals surface area contributed by atoms with Crippen molar-refractivity contribution in [2.45, 2.75) is 33.2 Å². The average Bonchev–Trinajstić information content (AvgIpc) is 2.67. The molecule has 0 saturated carbocycles. The molecule has 154 valence electrons. The monoisotopic (exact) mass is 382 g/mol. The van der Waals surface area contributed by atoms with E-state index >= 15 is 0 Å². The van der Waals surface area contributed by atoms with Gasteiger partial charge in [0.2, 0.25) is 18.2 Å². The van der Waals surface area contributed by atoms with E-state index in [0.29, 0.717) is 18.5 Å². The van der Waals surface area contributed by atoms with Crippen LogP contribution in [0.25, 0.3) is 0 Å². The van der Waals surface area contributed by atoms with Crippen molar-refractivity contribution in [3.8, 4) is 0 Å². The Morgan fingerprint density at radius 2 is 1.93 bits per heavy atom. The molecule has 0 aromatic rings. The topological polar surface area (TPSA) is 91.0 Å². The summed E-state index contributed by atoms with van der Waals surface area (Å²) in [6.07, 6.45) is 3.21. The molecule has 0 unspecified atom stereocenters. The predicted molar refractivity (Wildman–Crippen MR) is 104 cm³/mol. The van der Waals surface area contributed by atoms with Gasteiger partial charge in [0, 0.05) is 32.3 Å². The normalized spacial score (nSPS) is 16.7. The van der Waals surface area contributed by atoms with Crippen LogP contribution in [0.3, 0.4) is 0 Å². The van der Waals surface area contributed by atoms with Gasteiger partial charge in [-0.3, -0.25) is 19.3 Å². The summed E-state index contributed by atoms with van der Waals surface area (Å²) in [5.74, 6) is -0.176. The van der Waals surface area contributed by atoms with Crippen LogP contribution in [-0.4, -0.2) is 87.1 Å². The third kappa shape index (κ3) is 8.53. The summed E-state index contributed by atoms with van der Waals surface area (Å²) in [7, 11) is 1.68. The summed E-state index contributed by atoms with van der Waals surface area (Å²) in [4.78, 5) is 38.7. The quantitative estimate of drug-likeness (QED) is 0.298. The van der Waals surface area contributed by atoms with Crippen molar-refractivity contribution >= 4 is 18.2 Å². The van der Waals surface area contributed by atoms with Gasteiger partial charge >= 0.3 is 0 Å². The molecule has 0 spiro atoms. The predicted octanol–water partition coefficient (Wildman–Crippen LogP) is 0.000200. The zero-order valence-corrected chi connectivity index (χ0v) is 17.0. The zero-order chi connectivity index (χ0) is 20.2. The van der Waals surface area contributed by atoms with Crippen molar-refractivity contribution in [3.63, 3.8) is 0 Å². The third-order valence-corrected chi connectivity index (χ3v) is 4.68. The van der Waals surface area contributed by atoms with Crippen molar-refractivity contribution in [3.05, 3.63) is 11.6 Å². The minimum absolute atomic E-state index is 0.0517. The number of nitrogens with zero attached hydrogens (tertiary/aromatic N) is 2. The maximum atomic E-state index is 12.3. The van der Waals surface area contributed by atoms with E-state index in [4.69, 9.17) is 4.74 Å². The molecule has 0 bridgehead atoms. The summed E-state index contributed by atoms with van der Waals surface area (Å²) in [5.41, 5.74) is 0.586. The van der Waals surface area contributed by atoms with Crippen molar-refractivity contribution in [2.75, 3.05) is 53.0 Å². The van der Waals surface area contributed by atoms with E-state index in [0.717, 1.165) is 39.3 Å². The number of morpholine rings is 1. The molecule has 1 saturated heterocycles. The van der Waals surface area contributed by atoms with Crippen LogP contribution in [0, 0.1) is 5.92 Å². The fraction of sp³-hybridized carbons (Fsp3) is 0.737. The van der Waals surface area contributed by atoms with E-state index in [1.807, 2.05) is 19.9 Å². The van der Waals surface area contributed by atoms with Gasteiger partial charge in [-0.05, 0) is 25.8 Å². The second-order valence-corrected chi connectivity index (χ2v) is 7.15. The molecule has 3 amide bonds. The van der Waals surface area contributed by atoms with Crippen LogP contribution in [0.5, 0.6) is 0 Å². The van der Waals surface area contributed by atoms with Crippen LogP contribution in [0.1, 0.15) is 27.2 Å². The highest BCUT2D eigenvalue weighted by molar-refractivity contribution is 5.93. The van der Waals surface area contributed by atoms with Crippen LogP contribution >= 0.6 is 0 Å². The lowest BCUT2D eigenvalue weighted by Crippen LogP contribution is -2.43. The number of nitrogens with one attached hydrogen (secondary N) is 2. The summed E-state index contributed by atoms with van der Waals surface area (Å²) in [6, 6.07) is -0.218. The van der Waals surface area contributed by atoms with Crippen molar-refractivity contribution in [2.24, 2.45) is 5.92 Å². The van der Waals surface area contributed by atoms with Crippen molar-refractivity contribution in [1.29, 1.82) is 0 Å². The fourth-order valence-electron chi connectivity index (χ4n) is 2.97. The largest absolute Gasteiger partial charge is 0.379 e. The number of amides is 3. The molecule has 8 nitrogen and oxygen atoms in total. The van der Waals surface area contributed by atoms with Gasteiger partial charge < -0.3 is 20.3 Å². The molecule has 1 heterocycles. The lowest BCUT2D eigenvalue weighted by Gasteiger charge is -2.29. The Labute approximate surface area is 162 Å². The first kappa shape index (κ1) is 23.1. The Morgan fingerprint density at radius 3 is 2.52 bits per heavy atom. The van der Waals surface area contributed by atoms with E-state index in [1.54, 1.807) is 18.9 Å². The van der Waals surface area contributed by atoms with Gasteiger partial charge in [0.1, 0.15) is 0 Å². The molecule has 0 aliphatic carbocycles. The van der Waals surface area contributed by atoms with E-state index in [-0.39, 0.29) is 30.3 Å². The number of carbonyl (C=O) groups excluding carboxylic acids is 3. The summed E-state index contributed by atoms with van der Waals surface area (Å²) < 4.78 is 5.32. The second-order valence-electron chi connectivity index (χ2n) is 7.15. The van der Waals surface area contributed by atoms with Gasteiger partial charge in [0.15, 0.2) is 0 Å². The highest BCUT2D eigenvalue weighted by atomic mass is 16.5. The Morgan fingerprint density at radius 1 is 1.26 bits per heavy atom. The molecular formula is C19H34N4O4. The van der Waals surface area contributed by atoms with E-state index in [9.17, 15) is 14.4 Å². The first-order valence-corrected chi connectivity index (χ1v) is 9.56. The number of carbonyl (C=O) groups is 3. The maximum absolute atomic E-state index is 12.3. The molecule has 1 atom stereocenters. The third-order valence-electron chi connectivity index (χ3n) is 4.68. The maximum Gasteiger partial charge on any atom is 0.246 e. The SMILES string of the molecule is C/C(=C\[C@H](C(C)C)N(C)C(=O)CNC=O)C(=O)NCCCN1CCOCC1. The summed E-state index contributed by atoms with van der Waals surface area (Å²) in [5, 5.41) is 5.32. The molecule has 0 aromatic heterocycles. The van der Waals surface area contributed by atoms with Crippen molar-refractivity contribution < 1.29 is 19.1 Å². The average molecular weight is 383 g/mol. The smallest absolute Gasteiger partial charge is 0.246 e. The first-order valence-electron chi connectivity index (χ1n) is 9.56. The molecule has 27 heavy (non-hydrogen) atoms. The highest BCUT2D eigenvalue weighted by Crippen LogP contribution is 2.13. The van der Waals surface area contributed by atoms with E-state index in [2.05, 4.69) is 15.5 Å². The molecule has 1 aliphatic rings. The van der Waals surface area contributed by atoms with Crippen molar-refractivity contribution in [1.82, 2.24) is 20.4 Å². The van der Waals surface area contributed by atoms with Crippen LogP contribution in [0.2, 0.25) is 0 Å². The first-order chi connectivity index (χ1) is 12.9. The number of likely N-dealkylation sites (N-methyl/N-ethyl adjacent to an activating group) is 1. The number of rotatable bonds is 11. The Kier molecular flexibility index (Phi) is 10.7. The van der Waals surface area contributed by atoms with Crippen LogP contribution < -0.4 is 10.6 Å². The van der Waals surface area contributed by atoms with Gasteiger partial charge in [-0.2, -0.15) is 0 Å². The molecular weight excluding hydrogens is 348 g/mol. The lowest BCUT2D eigenvalue weighted by atomic mass is 10.00. The highest BCUT2D eigenvalue weighted by Gasteiger charge is 2.22. The minimum Gasteiger partial charge on any atom is -0.379 e. The molecule has 2 N–H and O–H groups in total. The number of hydrogen-bond donors (Lipinski definition) is 2. The Hall–Kier alpha value is -1.93. The van der Waals surface area contributed by atoms with Crippen LogP contribution in [0.4, 0.5) is 0 Å². The molecule has 0 radical (unpaired) electrons. The Balaban J connectivity index is 2.49. The van der Waals surface area contributed by atoms with Gasteiger partial charge in [-0.15, -0.1) is 0 Å². The zero-order valence-electron chi connectivity index (χ0n) is 17.0. The van der Waals surface area contributed by atoms with E-state index in [1.165, 1.54) is 0 Å². The molecule has 0 aromatic carbocycles.